The zero-order valence-corrected chi connectivity index (χ0v) is 12.0. The molecule has 0 unspecified atom stereocenters. The van der Waals surface area contributed by atoms with Crippen LogP contribution in [0.2, 0.25) is 0 Å². The van der Waals surface area contributed by atoms with Gasteiger partial charge in [-0.2, -0.15) is 5.26 Å². The predicted molar refractivity (Wildman–Crippen MR) is 79.7 cm³/mol. The molecular weight excluding hydrogens is 286 g/mol. The summed E-state index contributed by atoms with van der Waals surface area (Å²) in [4.78, 5) is 11.6. The van der Waals surface area contributed by atoms with Gasteiger partial charge in [0.05, 0.1) is 11.6 Å². The maximum absolute atomic E-state index is 13.5. The van der Waals surface area contributed by atoms with Gasteiger partial charge in [0.1, 0.15) is 11.6 Å². The highest BCUT2D eigenvalue weighted by Gasteiger charge is 2.09. The summed E-state index contributed by atoms with van der Waals surface area (Å²) in [5, 5.41) is 11.9. The lowest BCUT2D eigenvalue weighted by Gasteiger charge is -2.11. The Morgan fingerprint density at radius 1 is 1.23 bits per heavy atom. The Labute approximate surface area is 127 Å². The number of rotatable bonds is 5. The summed E-state index contributed by atoms with van der Waals surface area (Å²) in [7, 11) is 0. The SMILES string of the molecule is CC(=O)c1ccc(C#N)cc1NCCc1ccc(F)cc1F. The van der Waals surface area contributed by atoms with E-state index in [9.17, 15) is 13.6 Å². The van der Waals surface area contributed by atoms with Crippen LogP contribution in [0.15, 0.2) is 36.4 Å². The lowest BCUT2D eigenvalue weighted by atomic mass is 10.1. The van der Waals surface area contributed by atoms with Crippen molar-refractivity contribution < 1.29 is 13.6 Å². The summed E-state index contributed by atoms with van der Waals surface area (Å²) in [6, 6.07) is 10.2. The van der Waals surface area contributed by atoms with E-state index in [0.717, 1.165) is 6.07 Å². The van der Waals surface area contributed by atoms with E-state index < -0.39 is 11.6 Å². The molecule has 0 aliphatic rings. The number of halogens is 2. The van der Waals surface area contributed by atoms with Crippen LogP contribution in [0.25, 0.3) is 0 Å². The number of nitrogens with zero attached hydrogens (tertiary/aromatic N) is 1. The van der Waals surface area contributed by atoms with Gasteiger partial charge in [0, 0.05) is 23.9 Å². The van der Waals surface area contributed by atoms with Crippen molar-refractivity contribution in [1.82, 2.24) is 0 Å². The van der Waals surface area contributed by atoms with Gasteiger partial charge in [-0.25, -0.2) is 8.78 Å². The Balaban J connectivity index is 2.11. The number of Topliss-reactive ketones (excluding diaryl/α,β-unsaturated/α-hetero) is 1. The molecule has 0 atom stereocenters. The van der Waals surface area contributed by atoms with Gasteiger partial charge >= 0.3 is 0 Å². The molecule has 0 fully saturated rings. The number of nitriles is 1. The standard InChI is InChI=1S/C17H14F2N2O/c1-11(22)15-5-2-12(10-20)8-17(15)21-7-6-13-3-4-14(18)9-16(13)19/h2-5,8-9,21H,6-7H2,1H3. The van der Waals surface area contributed by atoms with Crippen LogP contribution in [0, 0.1) is 23.0 Å². The fraction of sp³-hybridized carbons (Fsp3) is 0.176. The van der Waals surface area contributed by atoms with Crippen LogP contribution in [0.3, 0.4) is 0 Å². The number of ketones is 1. The Kier molecular flexibility index (Phi) is 4.84. The predicted octanol–water partition coefficient (Wildman–Crippen LogP) is 3.69. The summed E-state index contributed by atoms with van der Waals surface area (Å²) >= 11 is 0. The minimum absolute atomic E-state index is 0.125. The zero-order chi connectivity index (χ0) is 16.1. The van der Waals surface area contributed by atoms with Gasteiger partial charge in [-0.05, 0) is 43.2 Å². The first kappa shape index (κ1) is 15.6. The maximum atomic E-state index is 13.5. The molecule has 0 aliphatic heterocycles. The van der Waals surface area contributed by atoms with E-state index in [-0.39, 0.29) is 5.78 Å². The van der Waals surface area contributed by atoms with Crippen molar-refractivity contribution in [3.8, 4) is 6.07 Å². The second-order valence-corrected chi connectivity index (χ2v) is 4.84. The zero-order valence-electron chi connectivity index (χ0n) is 12.0. The minimum atomic E-state index is -0.616. The summed E-state index contributed by atoms with van der Waals surface area (Å²) in [5.74, 6) is -1.34. The Morgan fingerprint density at radius 3 is 2.64 bits per heavy atom. The topological polar surface area (TPSA) is 52.9 Å². The third-order valence-electron chi connectivity index (χ3n) is 3.25. The van der Waals surface area contributed by atoms with Crippen molar-refractivity contribution in [2.75, 3.05) is 11.9 Å². The summed E-state index contributed by atoms with van der Waals surface area (Å²) < 4.78 is 26.4. The van der Waals surface area contributed by atoms with Crippen LogP contribution >= 0.6 is 0 Å². The van der Waals surface area contributed by atoms with Crippen LogP contribution in [-0.4, -0.2) is 12.3 Å². The van der Waals surface area contributed by atoms with E-state index in [1.165, 1.54) is 19.1 Å². The van der Waals surface area contributed by atoms with Crippen LogP contribution in [-0.2, 0) is 6.42 Å². The molecule has 112 valence electrons. The van der Waals surface area contributed by atoms with Gasteiger partial charge in [-0.15, -0.1) is 0 Å². The first-order valence-corrected chi connectivity index (χ1v) is 6.74. The number of carbonyl (C=O) groups is 1. The minimum Gasteiger partial charge on any atom is -0.384 e. The highest BCUT2D eigenvalue weighted by molar-refractivity contribution is 5.99. The normalized spacial score (nSPS) is 10.1. The molecule has 0 bridgehead atoms. The largest absolute Gasteiger partial charge is 0.384 e. The molecule has 0 aliphatic carbocycles. The quantitative estimate of drug-likeness (QED) is 0.857. The van der Waals surface area contributed by atoms with Crippen LogP contribution < -0.4 is 5.32 Å². The number of carbonyl (C=O) groups excluding carboxylic acids is 1. The molecule has 0 saturated heterocycles. The number of hydrogen-bond donors (Lipinski definition) is 1. The molecule has 1 N–H and O–H groups in total. The number of hydrogen-bond acceptors (Lipinski definition) is 3. The first-order valence-electron chi connectivity index (χ1n) is 6.74. The third kappa shape index (κ3) is 3.67. The summed E-state index contributed by atoms with van der Waals surface area (Å²) in [5.41, 5.74) is 1.82. The van der Waals surface area contributed by atoms with Crippen molar-refractivity contribution in [3.63, 3.8) is 0 Å². The molecule has 0 radical (unpaired) electrons. The van der Waals surface area contributed by atoms with E-state index in [4.69, 9.17) is 5.26 Å². The summed E-state index contributed by atoms with van der Waals surface area (Å²) in [6.07, 6.45) is 0.334. The first-order chi connectivity index (χ1) is 10.5. The fourth-order valence-corrected chi connectivity index (χ4v) is 2.12. The van der Waals surface area contributed by atoms with E-state index in [0.29, 0.717) is 35.3 Å². The Hall–Kier alpha value is -2.74. The van der Waals surface area contributed by atoms with Crippen LogP contribution in [0.1, 0.15) is 28.4 Å². The van der Waals surface area contributed by atoms with Crippen molar-refractivity contribution in [3.05, 3.63) is 64.7 Å². The molecule has 0 amide bonds. The third-order valence-corrected chi connectivity index (χ3v) is 3.25. The maximum Gasteiger partial charge on any atom is 0.161 e. The molecule has 22 heavy (non-hydrogen) atoms. The monoisotopic (exact) mass is 300 g/mol. The van der Waals surface area contributed by atoms with Gasteiger partial charge in [0.2, 0.25) is 0 Å². The van der Waals surface area contributed by atoms with Crippen molar-refractivity contribution in [1.29, 1.82) is 5.26 Å². The molecule has 2 rings (SSSR count). The Morgan fingerprint density at radius 2 is 2.00 bits per heavy atom. The highest BCUT2D eigenvalue weighted by atomic mass is 19.1. The molecule has 2 aromatic rings. The average Bonchev–Trinajstić information content (AvgIpc) is 2.49. The average molecular weight is 300 g/mol. The van der Waals surface area contributed by atoms with E-state index in [1.54, 1.807) is 18.2 Å². The van der Waals surface area contributed by atoms with Crippen molar-refractivity contribution in [2.24, 2.45) is 0 Å². The second kappa shape index (κ2) is 6.81. The molecule has 5 heteroatoms. The van der Waals surface area contributed by atoms with Gasteiger partial charge < -0.3 is 5.32 Å². The lowest BCUT2D eigenvalue weighted by molar-refractivity contribution is 0.101. The van der Waals surface area contributed by atoms with Gasteiger partial charge in [0.15, 0.2) is 5.78 Å². The fourth-order valence-electron chi connectivity index (χ4n) is 2.12. The van der Waals surface area contributed by atoms with E-state index in [1.807, 2.05) is 6.07 Å². The second-order valence-electron chi connectivity index (χ2n) is 4.84. The molecular formula is C17H14F2N2O. The van der Waals surface area contributed by atoms with E-state index >= 15 is 0 Å². The van der Waals surface area contributed by atoms with Gasteiger partial charge in [-0.1, -0.05) is 6.07 Å². The number of nitrogens with one attached hydrogen (secondary N) is 1. The van der Waals surface area contributed by atoms with Crippen LogP contribution in [0.5, 0.6) is 0 Å². The van der Waals surface area contributed by atoms with Crippen molar-refractivity contribution in [2.45, 2.75) is 13.3 Å². The van der Waals surface area contributed by atoms with Gasteiger partial charge in [0.25, 0.3) is 0 Å². The smallest absolute Gasteiger partial charge is 0.161 e. The molecule has 0 aromatic heterocycles. The number of anilines is 1. The molecule has 0 saturated carbocycles. The van der Waals surface area contributed by atoms with Crippen molar-refractivity contribution >= 4 is 11.5 Å². The highest BCUT2D eigenvalue weighted by Crippen LogP contribution is 2.19. The lowest BCUT2D eigenvalue weighted by Crippen LogP contribution is -2.10. The van der Waals surface area contributed by atoms with Crippen LogP contribution in [0.4, 0.5) is 14.5 Å². The molecule has 2 aromatic carbocycles. The summed E-state index contributed by atoms with van der Waals surface area (Å²) in [6.45, 7) is 1.80. The molecule has 0 spiro atoms. The Bertz CT molecular complexity index is 751. The van der Waals surface area contributed by atoms with Gasteiger partial charge in [-0.3, -0.25) is 4.79 Å². The molecule has 0 heterocycles. The number of benzene rings is 2. The molecule has 3 nitrogen and oxygen atoms in total. The van der Waals surface area contributed by atoms with E-state index in [2.05, 4.69) is 5.32 Å².